The highest BCUT2D eigenvalue weighted by Crippen LogP contribution is 2.34. The number of terminal acetylenes is 1. The summed E-state index contributed by atoms with van der Waals surface area (Å²) in [6.07, 6.45) is 5.11. The summed E-state index contributed by atoms with van der Waals surface area (Å²) in [4.78, 5) is 25.6. The van der Waals surface area contributed by atoms with Crippen LogP contribution in [0.1, 0.15) is 26.3 Å². The van der Waals surface area contributed by atoms with E-state index in [-0.39, 0.29) is 34.7 Å². The zero-order valence-corrected chi connectivity index (χ0v) is 12.2. The van der Waals surface area contributed by atoms with Crippen molar-refractivity contribution >= 4 is 17.5 Å². The van der Waals surface area contributed by atoms with E-state index in [4.69, 9.17) is 16.4 Å². The van der Waals surface area contributed by atoms with E-state index in [1.165, 1.54) is 12.1 Å². The van der Waals surface area contributed by atoms with Crippen LogP contribution >= 0.6 is 0 Å². The van der Waals surface area contributed by atoms with E-state index < -0.39 is 17.6 Å². The lowest BCUT2D eigenvalue weighted by molar-refractivity contribution is 0.0925. The predicted octanol–water partition coefficient (Wildman–Crippen LogP) is 2.51. The zero-order chi connectivity index (χ0) is 17.3. The van der Waals surface area contributed by atoms with Crippen LogP contribution in [0.25, 0.3) is 0 Å². The summed E-state index contributed by atoms with van der Waals surface area (Å²) in [5.41, 5.74) is 0.0186. The van der Waals surface area contributed by atoms with Crippen LogP contribution in [-0.2, 0) is 0 Å². The quantitative estimate of drug-likeness (QED) is 0.643. The third kappa shape index (κ3) is 2.27. The van der Waals surface area contributed by atoms with Gasteiger partial charge in [0.25, 0.3) is 11.8 Å². The number of amides is 2. The molecule has 0 saturated carbocycles. The number of fused-ring (bicyclic) bond motifs is 1. The lowest BCUT2D eigenvalue weighted by Gasteiger charge is -2.16. The van der Waals surface area contributed by atoms with E-state index in [9.17, 15) is 14.0 Å². The average molecular weight is 320 g/mol. The summed E-state index contributed by atoms with van der Waals surface area (Å²) in [5, 5.41) is 9.05. The van der Waals surface area contributed by atoms with Crippen molar-refractivity contribution in [3.05, 3.63) is 58.9 Å². The molecule has 6 heteroatoms. The number of halogens is 1. The number of hydrogen-bond donors (Lipinski definition) is 0. The van der Waals surface area contributed by atoms with E-state index in [1.54, 1.807) is 18.2 Å². The molecular formula is C18H9FN2O3. The van der Waals surface area contributed by atoms with E-state index in [1.807, 2.05) is 0 Å². The highest BCUT2D eigenvalue weighted by molar-refractivity contribution is 6.34. The van der Waals surface area contributed by atoms with Crippen LogP contribution in [0, 0.1) is 29.5 Å². The smallest absolute Gasteiger partial charge is 0.266 e. The van der Waals surface area contributed by atoms with Gasteiger partial charge in [0.2, 0.25) is 0 Å². The molecule has 0 aliphatic carbocycles. The molecule has 2 aromatic rings. The molecule has 1 heterocycles. The van der Waals surface area contributed by atoms with E-state index >= 15 is 0 Å². The van der Waals surface area contributed by atoms with Gasteiger partial charge in [-0.05, 0) is 18.2 Å². The standard InChI is InChI=1S/C18H9FN2O3/c1-2-7-24-16-9-15(14(19)8-11(16)10-20)21-17(22)12-5-3-4-6-13(12)18(21)23/h1,3-6,8-9H,7H2. The number of anilines is 1. The molecule has 2 amide bonds. The number of carbonyl (C=O) groups excluding carboxylic acids is 2. The topological polar surface area (TPSA) is 70.4 Å². The number of imide groups is 1. The molecule has 1 aliphatic rings. The molecule has 24 heavy (non-hydrogen) atoms. The predicted molar refractivity (Wildman–Crippen MR) is 83.0 cm³/mol. The number of ether oxygens (including phenoxy) is 1. The molecule has 0 radical (unpaired) electrons. The normalized spacial score (nSPS) is 12.5. The van der Waals surface area contributed by atoms with Gasteiger partial charge in [0.1, 0.15) is 24.2 Å². The maximum Gasteiger partial charge on any atom is 0.266 e. The Kier molecular flexibility index (Phi) is 3.73. The van der Waals surface area contributed by atoms with Crippen molar-refractivity contribution < 1.29 is 18.7 Å². The first-order chi connectivity index (χ1) is 11.6. The molecule has 2 aromatic carbocycles. The van der Waals surface area contributed by atoms with Crippen molar-refractivity contribution in [1.29, 1.82) is 5.26 Å². The average Bonchev–Trinajstić information content (AvgIpc) is 2.85. The number of benzene rings is 2. The van der Waals surface area contributed by atoms with Crippen LogP contribution in [0.4, 0.5) is 10.1 Å². The van der Waals surface area contributed by atoms with Gasteiger partial charge in [0, 0.05) is 6.07 Å². The van der Waals surface area contributed by atoms with Crippen molar-refractivity contribution in [1.82, 2.24) is 0 Å². The highest BCUT2D eigenvalue weighted by Gasteiger charge is 2.38. The second kappa shape index (κ2) is 5.86. The molecular weight excluding hydrogens is 311 g/mol. The molecule has 0 atom stereocenters. The third-order valence-electron chi connectivity index (χ3n) is 3.52. The van der Waals surface area contributed by atoms with Gasteiger partial charge in [-0.25, -0.2) is 9.29 Å². The molecule has 0 aromatic heterocycles. The van der Waals surface area contributed by atoms with Gasteiger partial charge in [-0.2, -0.15) is 5.26 Å². The highest BCUT2D eigenvalue weighted by atomic mass is 19.1. The summed E-state index contributed by atoms with van der Waals surface area (Å²) in [5.74, 6) is 0.0788. The molecule has 0 spiro atoms. The summed E-state index contributed by atoms with van der Waals surface area (Å²) >= 11 is 0. The van der Waals surface area contributed by atoms with Crippen molar-refractivity contribution in [2.45, 2.75) is 0 Å². The SMILES string of the molecule is C#CCOc1cc(N2C(=O)c3ccccc3C2=O)c(F)cc1C#N. The Morgan fingerprint density at radius 1 is 1.17 bits per heavy atom. The maximum atomic E-state index is 14.4. The fraction of sp³-hybridized carbons (Fsp3) is 0.0556. The van der Waals surface area contributed by atoms with Gasteiger partial charge >= 0.3 is 0 Å². The number of rotatable bonds is 3. The first-order valence-corrected chi connectivity index (χ1v) is 6.86. The first kappa shape index (κ1) is 15.3. The van der Waals surface area contributed by atoms with Gasteiger partial charge in [-0.15, -0.1) is 6.42 Å². The lowest BCUT2D eigenvalue weighted by atomic mass is 10.1. The fourth-order valence-corrected chi connectivity index (χ4v) is 2.45. The van der Waals surface area contributed by atoms with Crippen LogP contribution in [-0.4, -0.2) is 18.4 Å². The van der Waals surface area contributed by atoms with Crippen molar-refractivity contribution in [2.75, 3.05) is 11.5 Å². The molecule has 1 aliphatic heterocycles. The van der Waals surface area contributed by atoms with Crippen molar-refractivity contribution in [2.24, 2.45) is 0 Å². The minimum absolute atomic E-state index is 0.00315. The van der Waals surface area contributed by atoms with E-state index in [0.717, 1.165) is 17.0 Å². The van der Waals surface area contributed by atoms with Gasteiger partial charge < -0.3 is 4.74 Å². The Balaban J connectivity index is 2.11. The molecule has 3 rings (SSSR count). The minimum Gasteiger partial charge on any atom is -0.479 e. The monoisotopic (exact) mass is 320 g/mol. The Bertz CT molecular complexity index is 919. The van der Waals surface area contributed by atoms with Gasteiger partial charge in [-0.3, -0.25) is 9.59 Å². The summed E-state index contributed by atoms with van der Waals surface area (Å²) < 4.78 is 19.6. The summed E-state index contributed by atoms with van der Waals surface area (Å²) in [6.45, 7) is -0.137. The number of nitriles is 1. The summed E-state index contributed by atoms with van der Waals surface area (Å²) in [7, 11) is 0. The molecule has 0 N–H and O–H groups in total. The molecule has 5 nitrogen and oxygen atoms in total. The maximum absolute atomic E-state index is 14.4. The largest absolute Gasteiger partial charge is 0.479 e. The Labute approximate surface area is 136 Å². The number of nitrogens with zero attached hydrogens (tertiary/aromatic N) is 2. The second-order valence-corrected chi connectivity index (χ2v) is 4.90. The van der Waals surface area contributed by atoms with Crippen LogP contribution < -0.4 is 9.64 Å². The number of carbonyl (C=O) groups is 2. The minimum atomic E-state index is -0.880. The Morgan fingerprint density at radius 3 is 2.33 bits per heavy atom. The van der Waals surface area contributed by atoms with E-state index in [2.05, 4.69) is 5.92 Å². The zero-order valence-electron chi connectivity index (χ0n) is 12.2. The van der Waals surface area contributed by atoms with Crippen LogP contribution in [0.2, 0.25) is 0 Å². The molecule has 0 fully saturated rings. The fourth-order valence-electron chi connectivity index (χ4n) is 2.45. The third-order valence-corrected chi connectivity index (χ3v) is 3.52. The van der Waals surface area contributed by atoms with Crippen LogP contribution in [0.3, 0.4) is 0 Å². The Hall–Kier alpha value is -3.64. The lowest BCUT2D eigenvalue weighted by Crippen LogP contribution is -2.30. The second-order valence-electron chi connectivity index (χ2n) is 4.90. The first-order valence-electron chi connectivity index (χ1n) is 6.86. The van der Waals surface area contributed by atoms with Gasteiger partial charge in [-0.1, -0.05) is 18.1 Å². The van der Waals surface area contributed by atoms with E-state index in [0.29, 0.717) is 0 Å². The van der Waals surface area contributed by atoms with Gasteiger partial charge in [0.15, 0.2) is 0 Å². The summed E-state index contributed by atoms with van der Waals surface area (Å²) in [6, 6.07) is 10.0. The van der Waals surface area contributed by atoms with Crippen molar-refractivity contribution in [3.8, 4) is 24.2 Å². The number of hydrogen-bond acceptors (Lipinski definition) is 4. The van der Waals surface area contributed by atoms with Gasteiger partial charge in [0.05, 0.1) is 22.4 Å². The molecule has 0 unspecified atom stereocenters. The molecule has 116 valence electrons. The Morgan fingerprint density at radius 2 is 1.79 bits per heavy atom. The van der Waals surface area contributed by atoms with Crippen LogP contribution in [0.5, 0.6) is 5.75 Å². The van der Waals surface area contributed by atoms with Crippen LogP contribution in [0.15, 0.2) is 36.4 Å². The van der Waals surface area contributed by atoms with Crippen molar-refractivity contribution in [3.63, 3.8) is 0 Å². The molecule has 0 bridgehead atoms. The molecule has 0 saturated heterocycles.